The van der Waals surface area contributed by atoms with Crippen molar-refractivity contribution >= 4 is 114 Å². The summed E-state index contributed by atoms with van der Waals surface area (Å²) in [5, 5.41) is 11.7. The number of aliphatic imine (C=N–C) groups is 2. The van der Waals surface area contributed by atoms with E-state index < -0.39 is 11.8 Å². The molecule has 59 heavy (non-hydrogen) atoms. The highest BCUT2D eigenvalue weighted by Gasteiger charge is 2.21. The van der Waals surface area contributed by atoms with Crippen molar-refractivity contribution < 1.29 is 19.2 Å². The molecule has 0 aliphatic rings. The normalized spacial score (nSPS) is 11.7. The Balaban J connectivity index is 1.91. The molecule has 0 aliphatic heterocycles. The lowest BCUT2D eigenvalue weighted by atomic mass is 10.1. The Morgan fingerprint density at radius 2 is 1.10 bits per heavy atom. The molecular weight excluding hydrogens is 926 g/mol. The topological polar surface area (TPSA) is 297 Å². The van der Waals surface area contributed by atoms with E-state index in [1.54, 1.807) is 24.3 Å². The van der Waals surface area contributed by atoms with Gasteiger partial charge in [0.2, 0.25) is 11.8 Å². The van der Waals surface area contributed by atoms with Gasteiger partial charge in [-0.15, -0.1) is 23.5 Å². The van der Waals surface area contributed by atoms with Crippen LogP contribution in [0.15, 0.2) is 65.4 Å². The molecule has 1 heterocycles. The van der Waals surface area contributed by atoms with Gasteiger partial charge >= 0.3 is 0 Å². The molecule has 2 aromatic carbocycles. The first-order valence-corrected chi connectivity index (χ1v) is 22.5. The minimum Gasteiger partial charge on any atom is -0.387 e. The van der Waals surface area contributed by atoms with E-state index >= 15 is 0 Å². The second kappa shape index (κ2) is 26.0. The van der Waals surface area contributed by atoms with Crippen molar-refractivity contribution in [1.82, 2.24) is 9.97 Å². The Morgan fingerprint density at radius 3 is 1.51 bits per heavy atom. The minimum absolute atomic E-state index is 0.0593. The first kappa shape index (κ1) is 49.1. The fourth-order valence-electron chi connectivity index (χ4n) is 5.14. The number of nitrogens with one attached hydrogen (secondary N) is 4. The second-order valence-corrected chi connectivity index (χ2v) is 17.1. The van der Waals surface area contributed by atoms with Crippen LogP contribution >= 0.6 is 55.4 Å². The Bertz CT molecular complexity index is 1980. The standard InChI is InChI=1S/C38H53Br2N13O4S2/c1-3-22(2)35(43)46-12-14-58-33-25(50-31(54)8-4-6-10-41)16-23(39)18-27(33)52-36(56)29-20-30(49-21-48-29)37(57)53-28-19-24(40)17-26(51-32(55)9-5-7-11-42)34(28)59-15-13-47-38(44)45/h16-22H,3-15,41-42H2,1-2H3,(H2,43,46)(H,50,54)(H,51,55)(H,52,56)(H,53,57)(H4,44,45,47). The molecule has 17 nitrogen and oxygen atoms in total. The fourth-order valence-corrected chi connectivity index (χ4v) is 7.89. The van der Waals surface area contributed by atoms with Crippen molar-refractivity contribution in [1.29, 1.82) is 0 Å². The molecule has 0 saturated carbocycles. The van der Waals surface area contributed by atoms with Crippen LogP contribution in [0.2, 0.25) is 0 Å². The summed E-state index contributed by atoms with van der Waals surface area (Å²) in [6, 6.07) is 8.16. The summed E-state index contributed by atoms with van der Waals surface area (Å²) in [5.41, 5.74) is 29.9. The highest BCUT2D eigenvalue weighted by atomic mass is 79.9. The van der Waals surface area contributed by atoms with Crippen LogP contribution < -0.4 is 49.9 Å². The van der Waals surface area contributed by atoms with E-state index in [-0.39, 0.29) is 54.5 Å². The smallest absolute Gasteiger partial charge is 0.274 e. The molecule has 0 bridgehead atoms. The lowest BCUT2D eigenvalue weighted by molar-refractivity contribution is -0.117. The van der Waals surface area contributed by atoms with Crippen LogP contribution in [-0.2, 0) is 9.59 Å². The summed E-state index contributed by atoms with van der Waals surface area (Å²) >= 11 is 9.71. The Kier molecular flexibility index (Phi) is 21.7. The zero-order valence-electron chi connectivity index (χ0n) is 33.1. The zero-order chi connectivity index (χ0) is 43.3. The summed E-state index contributed by atoms with van der Waals surface area (Å²) < 4.78 is 1.18. The molecule has 14 N–H and O–H groups in total. The number of rotatable bonds is 24. The molecule has 0 spiro atoms. The third-order valence-corrected chi connectivity index (χ3v) is 11.5. The molecule has 0 saturated heterocycles. The highest BCUT2D eigenvalue weighted by Crippen LogP contribution is 2.39. The molecule has 1 atom stereocenters. The van der Waals surface area contributed by atoms with E-state index in [4.69, 9.17) is 28.7 Å². The Labute approximate surface area is 369 Å². The molecule has 0 aliphatic carbocycles. The van der Waals surface area contributed by atoms with Gasteiger partial charge < -0.3 is 49.9 Å². The van der Waals surface area contributed by atoms with Crippen LogP contribution in [-0.4, -0.2) is 83.1 Å². The number of aromatic nitrogens is 2. The maximum atomic E-state index is 13.8. The van der Waals surface area contributed by atoms with Gasteiger partial charge in [0.25, 0.3) is 11.8 Å². The van der Waals surface area contributed by atoms with Crippen LogP contribution in [0.1, 0.15) is 79.8 Å². The van der Waals surface area contributed by atoms with Gasteiger partial charge in [-0.2, -0.15) is 0 Å². The number of anilines is 4. The quantitative estimate of drug-likeness (QED) is 0.0232. The number of unbranched alkanes of at least 4 members (excludes halogenated alkanes) is 2. The van der Waals surface area contributed by atoms with Gasteiger partial charge in [0.1, 0.15) is 17.7 Å². The monoisotopic (exact) mass is 977 g/mol. The van der Waals surface area contributed by atoms with Gasteiger partial charge in [-0.1, -0.05) is 45.7 Å². The number of carbonyl (C=O) groups is 4. The number of thioether (sulfide) groups is 2. The van der Waals surface area contributed by atoms with Crippen molar-refractivity contribution in [3.05, 3.63) is 57.0 Å². The van der Waals surface area contributed by atoms with Crippen LogP contribution in [0.5, 0.6) is 0 Å². The Hall–Kier alpha value is -4.28. The first-order valence-electron chi connectivity index (χ1n) is 19.0. The van der Waals surface area contributed by atoms with Crippen LogP contribution in [0.4, 0.5) is 22.7 Å². The predicted molar refractivity (Wildman–Crippen MR) is 247 cm³/mol. The van der Waals surface area contributed by atoms with Crippen molar-refractivity contribution in [2.24, 2.45) is 44.6 Å². The second-order valence-electron chi connectivity index (χ2n) is 13.1. The third-order valence-electron chi connectivity index (χ3n) is 8.38. The van der Waals surface area contributed by atoms with Gasteiger partial charge in [0, 0.05) is 45.3 Å². The van der Waals surface area contributed by atoms with Gasteiger partial charge in [0.05, 0.1) is 51.5 Å². The highest BCUT2D eigenvalue weighted by molar-refractivity contribution is 9.10. The molecule has 3 aromatic rings. The summed E-state index contributed by atoms with van der Waals surface area (Å²) in [7, 11) is 0. The number of nitrogens with zero attached hydrogens (tertiary/aromatic N) is 4. The minimum atomic E-state index is -0.638. The predicted octanol–water partition coefficient (Wildman–Crippen LogP) is 5.50. The van der Waals surface area contributed by atoms with E-state index in [2.05, 4.69) is 73.1 Å². The van der Waals surface area contributed by atoms with E-state index in [0.717, 1.165) is 12.7 Å². The van der Waals surface area contributed by atoms with Crippen molar-refractivity contribution in [2.45, 2.75) is 68.6 Å². The number of hydrogen-bond donors (Lipinski definition) is 9. The number of amides is 4. The molecule has 1 aromatic heterocycles. The molecular formula is C38H53Br2N13O4S2. The molecule has 4 amide bonds. The van der Waals surface area contributed by atoms with Crippen LogP contribution in [0.3, 0.4) is 0 Å². The maximum Gasteiger partial charge on any atom is 0.274 e. The SMILES string of the molecule is CCC(C)C(N)=NCCSc1c(NC(=O)CCCCN)cc(Br)cc1NC(=O)c1cc(C(=O)Nc2cc(Br)cc(NC(=O)CCCCN)c2SCCN=C(N)N)ncn1. The van der Waals surface area contributed by atoms with Crippen molar-refractivity contribution in [3.63, 3.8) is 0 Å². The number of hydrogen-bond acceptors (Lipinski definition) is 12. The van der Waals surface area contributed by atoms with E-state index in [0.29, 0.717) is 104 Å². The number of guanidine groups is 1. The molecule has 320 valence electrons. The van der Waals surface area contributed by atoms with Crippen molar-refractivity contribution in [3.8, 4) is 0 Å². The largest absolute Gasteiger partial charge is 0.387 e. The lowest BCUT2D eigenvalue weighted by Gasteiger charge is -2.17. The lowest BCUT2D eigenvalue weighted by Crippen LogP contribution is -2.23. The molecule has 21 heteroatoms. The third kappa shape index (κ3) is 17.1. The van der Waals surface area contributed by atoms with Crippen LogP contribution in [0, 0.1) is 5.92 Å². The van der Waals surface area contributed by atoms with Gasteiger partial charge in [0.15, 0.2) is 5.96 Å². The summed E-state index contributed by atoms with van der Waals surface area (Å²) in [6.07, 6.45) is 5.19. The van der Waals surface area contributed by atoms with Gasteiger partial charge in [-0.3, -0.25) is 29.2 Å². The number of amidine groups is 1. The first-order chi connectivity index (χ1) is 28.3. The molecule has 3 rings (SSSR count). The fraction of sp³-hybridized carbons (Fsp3) is 0.421. The average Bonchev–Trinajstić information content (AvgIpc) is 3.19. The van der Waals surface area contributed by atoms with E-state index in [9.17, 15) is 19.2 Å². The van der Waals surface area contributed by atoms with Crippen molar-refractivity contribution in [2.75, 3.05) is 59.0 Å². The zero-order valence-corrected chi connectivity index (χ0v) is 37.9. The Morgan fingerprint density at radius 1 is 0.678 bits per heavy atom. The number of carbonyl (C=O) groups excluding carboxylic acids is 4. The molecule has 0 radical (unpaired) electrons. The summed E-state index contributed by atoms with van der Waals surface area (Å²) in [5.74, 6) is -0.103. The molecule has 0 fully saturated rings. The summed E-state index contributed by atoms with van der Waals surface area (Å²) in [4.78, 5) is 71.3. The summed E-state index contributed by atoms with van der Waals surface area (Å²) in [6.45, 7) is 5.71. The average molecular weight is 980 g/mol. The number of halogens is 2. The van der Waals surface area contributed by atoms with Gasteiger partial charge in [-0.25, -0.2) is 9.97 Å². The van der Waals surface area contributed by atoms with Gasteiger partial charge in [-0.05, 0) is 69.5 Å². The molecule has 1 unspecified atom stereocenters. The maximum absolute atomic E-state index is 13.8. The van der Waals surface area contributed by atoms with E-state index in [1.807, 2.05) is 13.8 Å². The van der Waals surface area contributed by atoms with Crippen LogP contribution in [0.25, 0.3) is 0 Å². The number of nitrogens with two attached hydrogens (primary N) is 5. The van der Waals surface area contributed by atoms with E-state index in [1.165, 1.54) is 29.6 Å². The number of benzene rings is 2.